The van der Waals surface area contributed by atoms with Gasteiger partial charge in [-0.15, -0.1) is 11.3 Å². The first-order valence-corrected chi connectivity index (χ1v) is 10.8. The van der Waals surface area contributed by atoms with Crippen LogP contribution in [0.25, 0.3) is 10.2 Å². The molecule has 1 fully saturated rings. The average Bonchev–Trinajstić information content (AvgIpc) is 3.37. The van der Waals surface area contributed by atoms with Gasteiger partial charge in [-0.05, 0) is 44.4 Å². The number of pyridine rings is 1. The van der Waals surface area contributed by atoms with Gasteiger partial charge in [0, 0.05) is 24.2 Å². The van der Waals surface area contributed by atoms with Crippen LogP contribution < -0.4 is 5.32 Å². The first kappa shape index (κ1) is 21.1. The second kappa shape index (κ2) is 9.26. The molecule has 1 amide bonds. The smallest absolute Gasteiger partial charge is 0.274 e. The number of hydrogen-bond acceptors (Lipinski definition) is 6. The van der Waals surface area contributed by atoms with E-state index >= 15 is 0 Å². The van der Waals surface area contributed by atoms with Gasteiger partial charge < -0.3 is 10.2 Å². The highest BCUT2D eigenvalue weighted by Crippen LogP contribution is 2.29. The van der Waals surface area contributed by atoms with Crippen molar-refractivity contribution in [3.05, 3.63) is 46.5 Å². The van der Waals surface area contributed by atoms with E-state index in [0.29, 0.717) is 17.2 Å². The minimum atomic E-state index is -0.393. The fourth-order valence-electron chi connectivity index (χ4n) is 3.27. The van der Waals surface area contributed by atoms with Crippen LogP contribution in [0.3, 0.4) is 0 Å². The molecule has 0 aromatic carbocycles. The number of nitrogens with zero attached hydrogens (tertiary/aromatic N) is 4. The van der Waals surface area contributed by atoms with E-state index < -0.39 is 5.82 Å². The minimum absolute atomic E-state index is 0.0510. The fourth-order valence-corrected chi connectivity index (χ4v) is 4.20. The summed E-state index contributed by atoms with van der Waals surface area (Å²) in [4.78, 5) is 28.9. The summed E-state index contributed by atoms with van der Waals surface area (Å²) >= 11 is 1.53. The molecule has 8 heteroatoms. The molecule has 4 heterocycles. The number of aromatic nitrogens is 3. The number of amides is 1. The van der Waals surface area contributed by atoms with Crippen LogP contribution in [0.2, 0.25) is 0 Å². The van der Waals surface area contributed by atoms with Gasteiger partial charge in [0.25, 0.3) is 5.91 Å². The lowest BCUT2D eigenvalue weighted by molar-refractivity contribution is 0.0789. The maximum absolute atomic E-state index is 13.4. The molecule has 0 unspecified atom stereocenters. The molecular formula is C21H26FN5OS. The molecular weight excluding hydrogens is 389 g/mol. The minimum Gasteiger partial charge on any atom is -0.348 e. The summed E-state index contributed by atoms with van der Waals surface area (Å²) in [6, 6.07) is 3.14. The Morgan fingerprint density at radius 3 is 2.62 bits per heavy atom. The third kappa shape index (κ3) is 4.70. The number of anilines is 1. The number of nitrogens with one attached hydrogen (secondary N) is 1. The molecule has 29 heavy (non-hydrogen) atoms. The molecule has 4 rings (SSSR count). The van der Waals surface area contributed by atoms with Gasteiger partial charge in [-0.25, -0.2) is 14.4 Å². The number of likely N-dealkylation sites (tertiary alicyclic amines) is 1. The van der Waals surface area contributed by atoms with Crippen LogP contribution in [0.5, 0.6) is 0 Å². The molecule has 154 valence electrons. The molecule has 1 aliphatic rings. The van der Waals surface area contributed by atoms with Gasteiger partial charge in [0.2, 0.25) is 5.95 Å². The molecule has 0 radical (unpaired) electrons. The highest BCUT2D eigenvalue weighted by Gasteiger charge is 2.25. The van der Waals surface area contributed by atoms with E-state index in [1.54, 1.807) is 6.20 Å². The SMILES string of the molecule is CC.Cc1cc2nc(N[C@@H](C)c3cncc(F)c3)nc(C(=O)N3CCCC3)c2s1. The first-order valence-electron chi connectivity index (χ1n) is 9.95. The summed E-state index contributed by atoms with van der Waals surface area (Å²) in [7, 11) is 0. The monoisotopic (exact) mass is 415 g/mol. The van der Waals surface area contributed by atoms with Crippen LogP contribution in [0.4, 0.5) is 10.3 Å². The van der Waals surface area contributed by atoms with Gasteiger partial charge in [0.1, 0.15) is 5.82 Å². The molecule has 3 aromatic rings. The van der Waals surface area contributed by atoms with E-state index in [9.17, 15) is 9.18 Å². The zero-order valence-corrected chi connectivity index (χ0v) is 18.0. The molecule has 1 N–H and O–H groups in total. The van der Waals surface area contributed by atoms with Crippen molar-refractivity contribution in [3.63, 3.8) is 0 Å². The summed E-state index contributed by atoms with van der Waals surface area (Å²) < 4.78 is 14.3. The molecule has 0 bridgehead atoms. The van der Waals surface area contributed by atoms with E-state index in [0.717, 1.165) is 41.0 Å². The van der Waals surface area contributed by atoms with E-state index in [2.05, 4.69) is 20.3 Å². The van der Waals surface area contributed by atoms with Crippen molar-refractivity contribution >= 4 is 33.4 Å². The second-order valence-electron chi connectivity index (χ2n) is 6.77. The predicted molar refractivity (Wildman–Crippen MR) is 115 cm³/mol. The molecule has 1 saturated heterocycles. The lowest BCUT2D eigenvalue weighted by atomic mass is 10.1. The molecule has 0 saturated carbocycles. The number of halogens is 1. The van der Waals surface area contributed by atoms with Crippen LogP contribution in [0, 0.1) is 12.7 Å². The Morgan fingerprint density at radius 2 is 1.93 bits per heavy atom. The summed E-state index contributed by atoms with van der Waals surface area (Å²) in [6.07, 6.45) is 4.82. The number of hydrogen-bond donors (Lipinski definition) is 1. The van der Waals surface area contributed by atoms with Crippen molar-refractivity contribution in [2.45, 2.75) is 46.6 Å². The molecule has 6 nitrogen and oxygen atoms in total. The van der Waals surface area contributed by atoms with Gasteiger partial charge in [0.05, 0.1) is 22.5 Å². The Labute approximate surface area is 174 Å². The lowest BCUT2D eigenvalue weighted by Gasteiger charge is -2.17. The number of rotatable bonds is 4. The number of thiophene rings is 1. The number of carbonyl (C=O) groups excluding carboxylic acids is 1. The van der Waals surface area contributed by atoms with Crippen LogP contribution >= 0.6 is 11.3 Å². The Morgan fingerprint density at radius 1 is 1.21 bits per heavy atom. The largest absolute Gasteiger partial charge is 0.348 e. The van der Waals surface area contributed by atoms with E-state index in [-0.39, 0.29) is 11.9 Å². The molecule has 1 aliphatic heterocycles. The van der Waals surface area contributed by atoms with Crippen LogP contribution in [0.15, 0.2) is 24.5 Å². The Balaban J connectivity index is 0.00000117. The van der Waals surface area contributed by atoms with Crippen molar-refractivity contribution in [3.8, 4) is 0 Å². The molecule has 0 aliphatic carbocycles. The normalized spacial score (nSPS) is 14.4. The zero-order valence-electron chi connectivity index (χ0n) is 17.2. The molecule has 3 aromatic heterocycles. The summed E-state index contributed by atoms with van der Waals surface area (Å²) in [6.45, 7) is 9.40. The first-order chi connectivity index (χ1) is 14.0. The Kier molecular flexibility index (Phi) is 6.74. The number of fused-ring (bicyclic) bond motifs is 1. The average molecular weight is 416 g/mol. The summed E-state index contributed by atoms with van der Waals surface area (Å²) in [5.41, 5.74) is 1.88. The van der Waals surface area contributed by atoms with Gasteiger partial charge in [-0.2, -0.15) is 0 Å². The van der Waals surface area contributed by atoms with Crippen LogP contribution in [0.1, 0.15) is 60.6 Å². The highest BCUT2D eigenvalue weighted by atomic mass is 32.1. The van der Waals surface area contributed by atoms with E-state index in [1.165, 1.54) is 23.6 Å². The van der Waals surface area contributed by atoms with Gasteiger partial charge in [0.15, 0.2) is 5.69 Å². The zero-order chi connectivity index (χ0) is 21.0. The van der Waals surface area contributed by atoms with Crippen LogP contribution in [-0.4, -0.2) is 38.8 Å². The van der Waals surface area contributed by atoms with Gasteiger partial charge >= 0.3 is 0 Å². The van der Waals surface area contributed by atoms with E-state index in [1.807, 2.05) is 38.7 Å². The van der Waals surface area contributed by atoms with Crippen molar-refractivity contribution in [1.29, 1.82) is 0 Å². The van der Waals surface area contributed by atoms with Gasteiger partial charge in [-0.3, -0.25) is 9.78 Å². The lowest BCUT2D eigenvalue weighted by Crippen LogP contribution is -2.28. The second-order valence-corrected chi connectivity index (χ2v) is 8.03. The van der Waals surface area contributed by atoms with Crippen molar-refractivity contribution in [2.24, 2.45) is 0 Å². The standard InChI is InChI=1S/C19H20FN5OS.C2H6/c1-11-7-15-17(27-11)16(18(26)25-5-3-4-6-25)24-19(23-15)22-12(2)13-8-14(20)10-21-9-13;1-2/h7-10,12H,3-6H2,1-2H3,(H,22,23,24);1-2H3/t12-;/m0./s1. The topological polar surface area (TPSA) is 71.0 Å². The summed E-state index contributed by atoms with van der Waals surface area (Å²) in [5, 5.41) is 3.18. The molecule has 0 spiro atoms. The fraction of sp³-hybridized carbons (Fsp3) is 0.429. The number of aryl methyl sites for hydroxylation is 1. The predicted octanol–water partition coefficient (Wildman–Crippen LogP) is 4.97. The van der Waals surface area contributed by atoms with E-state index in [4.69, 9.17) is 0 Å². The number of carbonyl (C=O) groups is 1. The van der Waals surface area contributed by atoms with Gasteiger partial charge in [-0.1, -0.05) is 13.8 Å². The highest BCUT2D eigenvalue weighted by molar-refractivity contribution is 7.19. The van der Waals surface area contributed by atoms with Crippen molar-refractivity contribution in [2.75, 3.05) is 18.4 Å². The molecule has 1 atom stereocenters. The van der Waals surface area contributed by atoms with Crippen molar-refractivity contribution < 1.29 is 9.18 Å². The third-order valence-corrected chi connectivity index (χ3v) is 5.71. The maximum Gasteiger partial charge on any atom is 0.274 e. The quantitative estimate of drug-likeness (QED) is 0.651. The summed E-state index contributed by atoms with van der Waals surface area (Å²) in [5.74, 6) is -0.0830. The van der Waals surface area contributed by atoms with Crippen LogP contribution in [-0.2, 0) is 0 Å². The maximum atomic E-state index is 13.4. The Bertz CT molecular complexity index is 1000. The van der Waals surface area contributed by atoms with Crippen molar-refractivity contribution in [1.82, 2.24) is 19.9 Å². The third-order valence-electron chi connectivity index (χ3n) is 4.66. The Hall–Kier alpha value is -2.61.